The number of rotatable bonds is 2. The quantitative estimate of drug-likeness (QED) is 0.538. The maximum absolute atomic E-state index is 12.9. The second kappa shape index (κ2) is 6.65. The topological polar surface area (TPSA) is 68.1 Å². The minimum absolute atomic E-state index is 0.00223. The number of thioether (sulfide) groups is 1. The van der Waals surface area contributed by atoms with Crippen LogP contribution in [0.3, 0.4) is 0 Å². The van der Waals surface area contributed by atoms with Crippen molar-refractivity contribution in [3.63, 3.8) is 0 Å². The SMILES string of the molecule is CN1C(=O)SC(=Cn2cnc(-c3cc(C(F)(F)F)cc(C(F)(F)F)c3)n2)C1=O. The van der Waals surface area contributed by atoms with E-state index < -0.39 is 46.0 Å². The molecule has 0 aliphatic carbocycles. The van der Waals surface area contributed by atoms with Gasteiger partial charge in [0.1, 0.15) is 11.2 Å². The van der Waals surface area contributed by atoms with Gasteiger partial charge < -0.3 is 0 Å². The van der Waals surface area contributed by atoms with Crippen LogP contribution in [0.5, 0.6) is 0 Å². The molecule has 13 heteroatoms. The molecule has 3 rings (SSSR count). The molecule has 0 bridgehead atoms. The third-order valence-electron chi connectivity index (χ3n) is 3.59. The molecule has 0 spiro atoms. The highest BCUT2D eigenvalue weighted by molar-refractivity contribution is 8.18. The van der Waals surface area contributed by atoms with Crippen LogP contribution in [-0.4, -0.2) is 37.9 Å². The highest BCUT2D eigenvalue weighted by atomic mass is 32.2. The number of halogens is 6. The third-order valence-corrected chi connectivity index (χ3v) is 4.54. The van der Waals surface area contributed by atoms with Gasteiger partial charge in [0.05, 0.1) is 17.3 Å². The molecular weight excluding hydrogens is 414 g/mol. The number of hydrogen-bond donors (Lipinski definition) is 0. The predicted octanol–water partition coefficient (Wildman–Crippen LogP) is 4.11. The predicted molar refractivity (Wildman–Crippen MR) is 85.5 cm³/mol. The minimum atomic E-state index is -5.00. The molecule has 1 saturated heterocycles. The molecule has 148 valence electrons. The van der Waals surface area contributed by atoms with E-state index in [2.05, 4.69) is 10.1 Å². The number of imide groups is 1. The molecule has 1 aromatic heterocycles. The second-order valence-corrected chi connectivity index (χ2v) is 6.56. The molecule has 2 aromatic rings. The van der Waals surface area contributed by atoms with Gasteiger partial charge in [0.15, 0.2) is 5.82 Å². The summed E-state index contributed by atoms with van der Waals surface area (Å²) in [6.45, 7) is 0. The van der Waals surface area contributed by atoms with Crippen LogP contribution in [0.4, 0.5) is 31.1 Å². The number of benzene rings is 1. The van der Waals surface area contributed by atoms with Crippen LogP contribution in [0, 0.1) is 0 Å². The highest BCUT2D eigenvalue weighted by Crippen LogP contribution is 2.38. The molecule has 0 radical (unpaired) electrons. The van der Waals surface area contributed by atoms with Crippen molar-refractivity contribution in [3.05, 3.63) is 40.6 Å². The summed E-state index contributed by atoms with van der Waals surface area (Å²) in [5.41, 5.74) is -3.50. The van der Waals surface area contributed by atoms with Gasteiger partial charge in [-0.15, -0.1) is 5.10 Å². The number of carbonyl (C=O) groups is 2. The van der Waals surface area contributed by atoms with Crippen LogP contribution < -0.4 is 0 Å². The molecule has 0 unspecified atom stereocenters. The summed E-state index contributed by atoms with van der Waals surface area (Å²) >= 11 is 0.606. The largest absolute Gasteiger partial charge is 0.416 e. The average molecular weight is 422 g/mol. The molecule has 28 heavy (non-hydrogen) atoms. The average Bonchev–Trinajstić information content (AvgIpc) is 3.14. The van der Waals surface area contributed by atoms with E-state index in [1.54, 1.807) is 0 Å². The molecule has 0 atom stereocenters. The summed E-state index contributed by atoms with van der Waals surface area (Å²) in [5.74, 6) is -1.03. The number of carbonyl (C=O) groups excluding carboxylic acids is 2. The zero-order valence-corrected chi connectivity index (χ0v) is 14.5. The van der Waals surface area contributed by atoms with Crippen LogP contribution in [0.25, 0.3) is 17.6 Å². The Morgan fingerprint density at radius 1 is 1.00 bits per heavy atom. The standard InChI is InChI=1S/C15H8F6N4O2S/c1-24-12(26)10(28-13(24)27)5-25-6-22-11(23-25)7-2-8(14(16,17)18)4-9(3-7)15(19,20)21/h2-6H,1H3. The summed E-state index contributed by atoms with van der Waals surface area (Å²) in [5, 5.41) is 3.24. The first-order valence-electron chi connectivity index (χ1n) is 7.29. The maximum atomic E-state index is 12.9. The minimum Gasteiger partial charge on any atom is -0.272 e. The first-order valence-corrected chi connectivity index (χ1v) is 8.10. The molecule has 6 nitrogen and oxygen atoms in total. The van der Waals surface area contributed by atoms with Crippen LogP contribution in [-0.2, 0) is 17.1 Å². The summed E-state index contributed by atoms with van der Waals surface area (Å²) < 4.78 is 78.6. The molecule has 1 aliphatic heterocycles. The normalized spacial score (nSPS) is 17.1. The fourth-order valence-electron chi connectivity index (χ4n) is 2.21. The Morgan fingerprint density at radius 3 is 2.04 bits per heavy atom. The van der Waals surface area contributed by atoms with E-state index in [1.165, 1.54) is 7.05 Å². The number of alkyl halides is 6. The van der Waals surface area contributed by atoms with E-state index in [-0.39, 0.29) is 11.0 Å². The monoisotopic (exact) mass is 422 g/mol. The number of nitrogens with zero attached hydrogens (tertiary/aromatic N) is 4. The van der Waals surface area contributed by atoms with Crippen molar-refractivity contribution in [1.29, 1.82) is 0 Å². The van der Waals surface area contributed by atoms with Gasteiger partial charge in [-0.05, 0) is 30.0 Å². The molecule has 0 saturated carbocycles. The zero-order valence-electron chi connectivity index (χ0n) is 13.7. The summed E-state index contributed by atoms with van der Waals surface area (Å²) in [6.07, 6.45) is -7.91. The van der Waals surface area contributed by atoms with Crippen LogP contribution in [0.1, 0.15) is 11.1 Å². The smallest absolute Gasteiger partial charge is 0.272 e. The maximum Gasteiger partial charge on any atom is 0.416 e. The highest BCUT2D eigenvalue weighted by Gasteiger charge is 2.37. The van der Waals surface area contributed by atoms with Gasteiger partial charge in [0.2, 0.25) is 0 Å². The molecule has 1 aliphatic rings. The Labute approximate surface area is 156 Å². The van der Waals surface area contributed by atoms with E-state index in [4.69, 9.17) is 0 Å². The third kappa shape index (κ3) is 3.88. The van der Waals surface area contributed by atoms with Crippen LogP contribution in [0.2, 0.25) is 0 Å². The van der Waals surface area contributed by atoms with Crippen molar-refractivity contribution in [2.45, 2.75) is 12.4 Å². The van der Waals surface area contributed by atoms with Crippen molar-refractivity contribution in [1.82, 2.24) is 19.7 Å². The summed E-state index contributed by atoms with van der Waals surface area (Å²) in [4.78, 5) is 27.8. The molecule has 0 N–H and O–H groups in total. The van der Waals surface area contributed by atoms with Gasteiger partial charge in [-0.2, -0.15) is 26.3 Å². The van der Waals surface area contributed by atoms with Crippen LogP contribution >= 0.6 is 11.8 Å². The molecule has 2 amide bonds. The van der Waals surface area contributed by atoms with E-state index >= 15 is 0 Å². The van der Waals surface area contributed by atoms with Gasteiger partial charge in [-0.1, -0.05) is 0 Å². The van der Waals surface area contributed by atoms with E-state index in [1.807, 2.05) is 0 Å². The van der Waals surface area contributed by atoms with Crippen molar-refractivity contribution < 1.29 is 35.9 Å². The zero-order chi connectivity index (χ0) is 20.9. The fraction of sp³-hybridized carbons (Fsp3) is 0.200. The van der Waals surface area contributed by atoms with E-state index in [9.17, 15) is 35.9 Å². The summed E-state index contributed by atoms with van der Waals surface area (Å²) in [7, 11) is 1.26. The lowest BCUT2D eigenvalue weighted by atomic mass is 10.0. The summed E-state index contributed by atoms with van der Waals surface area (Å²) in [6, 6.07) is 0.988. The Kier molecular flexibility index (Phi) is 4.73. The van der Waals surface area contributed by atoms with Gasteiger partial charge in [-0.25, -0.2) is 9.67 Å². The number of hydrogen-bond acceptors (Lipinski definition) is 5. The lowest BCUT2D eigenvalue weighted by Gasteiger charge is -2.13. The lowest BCUT2D eigenvalue weighted by Crippen LogP contribution is -2.22. The number of likely N-dealkylation sites (N-methyl/N-ethyl adjacent to an activating group) is 1. The lowest BCUT2D eigenvalue weighted by molar-refractivity contribution is -0.143. The number of aromatic nitrogens is 3. The molecular formula is C15H8F6N4O2S. The van der Waals surface area contributed by atoms with Crippen molar-refractivity contribution in [3.8, 4) is 11.4 Å². The van der Waals surface area contributed by atoms with Gasteiger partial charge in [-0.3, -0.25) is 14.5 Å². The fourth-order valence-corrected chi connectivity index (χ4v) is 3.00. The first-order chi connectivity index (χ1) is 12.9. The Balaban J connectivity index is 2.01. The molecule has 2 heterocycles. The van der Waals surface area contributed by atoms with Gasteiger partial charge in [0, 0.05) is 12.6 Å². The first kappa shape index (κ1) is 19.9. The Bertz CT molecular complexity index is 963. The van der Waals surface area contributed by atoms with Crippen LogP contribution in [0.15, 0.2) is 29.4 Å². The van der Waals surface area contributed by atoms with E-state index in [0.29, 0.717) is 23.9 Å². The van der Waals surface area contributed by atoms with Crippen molar-refractivity contribution in [2.24, 2.45) is 0 Å². The van der Waals surface area contributed by atoms with Crippen molar-refractivity contribution in [2.75, 3.05) is 7.05 Å². The Morgan fingerprint density at radius 2 is 1.57 bits per heavy atom. The van der Waals surface area contributed by atoms with Crippen molar-refractivity contribution >= 4 is 29.1 Å². The van der Waals surface area contributed by atoms with E-state index in [0.717, 1.165) is 22.1 Å². The Hall–Kier alpha value is -2.83. The second-order valence-electron chi connectivity index (χ2n) is 5.57. The van der Waals surface area contributed by atoms with Gasteiger partial charge >= 0.3 is 12.4 Å². The number of amides is 2. The van der Waals surface area contributed by atoms with Gasteiger partial charge in [0.25, 0.3) is 11.1 Å². The molecule has 1 aromatic carbocycles. The molecule has 1 fully saturated rings.